The molecule has 5 amide bonds. The fourth-order valence-corrected chi connectivity index (χ4v) is 3.19. The summed E-state index contributed by atoms with van der Waals surface area (Å²) in [4.78, 5) is 51.0. The standard InChI is InChI=1S/C18H17N3O6/c1-2-11-27-13-5-3-12(4-6-13)19-9-10-20(17(19)24)14-7-8-15(22)21(16(14)23)18(25)26/h1,3-6,14H,7-11H2,(H,25,26). The number of nitrogens with zero attached hydrogens (tertiary/aromatic N) is 3. The molecule has 0 bridgehead atoms. The van der Waals surface area contributed by atoms with E-state index in [4.69, 9.17) is 16.3 Å². The number of ether oxygens (including phenoxy) is 1. The van der Waals surface area contributed by atoms with Crippen molar-refractivity contribution in [2.75, 3.05) is 24.6 Å². The summed E-state index contributed by atoms with van der Waals surface area (Å²) in [7, 11) is 0. The van der Waals surface area contributed by atoms with Crippen LogP contribution in [0.25, 0.3) is 0 Å². The minimum Gasteiger partial charge on any atom is -0.481 e. The molecule has 0 radical (unpaired) electrons. The molecule has 2 fully saturated rings. The molecule has 1 unspecified atom stereocenters. The fraction of sp³-hybridized carbons (Fsp3) is 0.333. The van der Waals surface area contributed by atoms with Gasteiger partial charge in [-0.05, 0) is 30.7 Å². The Balaban J connectivity index is 1.73. The molecule has 9 heteroatoms. The zero-order valence-electron chi connectivity index (χ0n) is 14.3. The average Bonchev–Trinajstić information content (AvgIpc) is 3.01. The molecule has 0 aromatic heterocycles. The first-order valence-corrected chi connectivity index (χ1v) is 8.28. The van der Waals surface area contributed by atoms with Crippen molar-refractivity contribution in [3.05, 3.63) is 24.3 Å². The lowest BCUT2D eigenvalue weighted by Gasteiger charge is -2.32. The van der Waals surface area contributed by atoms with E-state index in [1.165, 1.54) is 9.80 Å². The molecule has 0 spiro atoms. The van der Waals surface area contributed by atoms with Crippen LogP contribution in [0.5, 0.6) is 5.75 Å². The number of imide groups is 3. The van der Waals surface area contributed by atoms with Gasteiger partial charge in [-0.3, -0.25) is 14.5 Å². The number of carbonyl (C=O) groups excluding carboxylic acids is 3. The molecule has 0 aliphatic carbocycles. The molecule has 27 heavy (non-hydrogen) atoms. The second-order valence-electron chi connectivity index (χ2n) is 6.02. The highest BCUT2D eigenvalue weighted by Crippen LogP contribution is 2.27. The Morgan fingerprint density at radius 3 is 2.56 bits per heavy atom. The van der Waals surface area contributed by atoms with Crippen molar-refractivity contribution in [2.45, 2.75) is 18.9 Å². The van der Waals surface area contributed by atoms with E-state index in [9.17, 15) is 19.2 Å². The van der Waals surface area contributed by atoms with Gasteiger partial charge in [0.15, 0.2) is 0 Å². The number of terminal acetylenes is 1. The molecule has 3 rings (SSSR count). The van der Waals surface area contributed by atoms with Crippen LogP contribution >= 0.6 is 0 Å². The van der Waals surface area contributed by atoms with E-state index >= 15 is 0 Å². The normalized spacial score (nSPS) is 20.0. The number of benzene rings is 1. The molecule has 1 N–H and O–H groups in total. The molecule has 2 saturated heterocycles. The summed E-state index contributed by atoms with van der Waals surface area (Å²) in [5, 5.41) is 9.07. The smallest absolute Gasteiger partial charge is 0.421 e. The second kappa shape index (κ2) is 7.37. The lowest BCUT2D eigenvalue weighted by Crippen LogP contribution is -2.56. The number of hydrogen-bond donors (Lipinski definition) is 1. The molecule has 1 aromatic rings. The number of carboxylic acid groups (broad SMARTS) is 1. The highest BCUT2D eigenvalue weighted by atomic mass is 16.5. The zero-order chi connectivity index (χ0) is 19.6. The SMILES string of the molecule is C#CCOc1ccc(N2CCN(C3CCC(=O)N(C(=O)O)C3=O)C2=O)cc1. The molecule has 9 nitrogen and oxygen atoms in total. The summed E-state index contributed by atoms with van der Waals surface area (Å²) >= 11 is 0. The summed E-state index contributed by atoms with van der Waals surface area (Å²) in [6, 6.07) is 5.38. The van der Waals surface area contributed by atoms with Crippen molar-refractivity contribution >= 4 is 29.6 Å². The highest BCUT2D eigenvalue weighted by Gasteiger charge is 2.45. The molecule has 140 valence electrons. The summed E-state index contributed by atoms with van der Waals surface area (Å²) < 4.78 is 5.29. The van der Waals surface area contributed by atoms with Gasteiger partial charge in [-0.25, -0.2) is 9.59 Å². The third-order valence-electron chi connectivity index (χ3n) is 4.47. The third-order valence-corrected chi connectivity index (χ3v) is 4.47. The number of piperidine rings is 1. The highest BCUT2D eigenvalue weighted by molar-refractivity contribution is 6.12. The maximum Gasteiger partial charge on any atom is 0.421 e. The fourth-order valence-electron chi connectivity index (χ4n) is 3.19. The van der Waals surface area contributed by atoms with Crippen LogP contribution in [0.1, 0.15) is 12.8 Å². The van der Waals surface area contributed by atoms with E-state index in [1.807, 2.05) is 0 Å². The summed E-state index contributed by atoms with van der Waals surface area (Å²) in [6.45, 7) is 0.735. The predicted octanol–water partition coefficient (Wildman–Crippen LogP) is 1.14. The van der Waals surface area contributed by atoms with Crippen molar-refractivity contribution in [1.29, 1.82) is 0 Å². The maximum absolute atomic E-state index is 12.8. The molecular formula is C18H17N3O6. The number of amides is 5. The Morgan fingerprint density at radius 1 is 1.22 bits per heavy atom. The van der Waals surface area contributed by atoms with Gasteiger partial charge in [0.2, 0.25) is 5.91 Å². The van der Waals surface area contributed by atoms with Gasteiger partial charge in [0.05, 0.1) is 0 Å². The van der Waals surface area contributed by atoms with Gasteiger partial charge in [-0.2, -0.15) is 4.90 Å². The van der Waals surface area contributed by atoms with Gasteiger partial charge in [0, 0.05) is 25.2 Å². The van der Waals surface area contributed by atoms with Crippen LogP contribution in [-0.2, 0) is 9.59 Å². The number of urea groups is 1. The Labute approximate surface area is 155 Å². The van der Waals surface area contributed by atoms with Crippen LogP contribution in [0.15, 0.2) is 24.3 Å². The van der Waals surface area contributed by atoms with Crippen LogP contribution in [0.4, 0.5) is 15.3 Å². The topological polar surface area (TPSA) is 107 Å². The summed E-state index contributed by atoms with van der Waals surface area (Å²) in [5.41, 5.74) is 0.616. The maximum atomic E-state index is 12.8. The van der Waals surface area contributed by atoms with Crippen molar-refractivity contribution in [1.82, 2.24) is 9.80 Å². The Morgan fingerprint density at radius 2 is 1.93 bits per heavy atom. The first kappa shape index (κ1) is 18.3. The van der Waals surface area contributed by atoms with Gasteiger partial charge < -0.3 is 14.7 Å². The molecular weight excluding hydrogens is 354 g/mol. The Hall–Kier alpha value is -3.54. The number of rotatable bonds is 4. The number of hydrogen-bond acceptors (Lipinski definition) is 5. The van der Waals surface area contributed by atoms with Gasteiger partial charge >= 0.3 is 12.1 Å². The summed E-state index contributed by atoms with van der Waals surface area (Å²) in [6.07, 6.45) is 3.52. The molecule has 1 aromatic carbocycles. The van der Waals surface area contributed by atoms with Crippen molar-refractivity contribution in [3.8, 4) is 18.1 Å². The first-order valence-electron chi connectivity index (χ1n) is 8.28. The van der Waals surface area contributed by atoms with E-state index in [0.29, 0.717) is 18.0 Å². The minimum absolute atomic E-state index is 0.103. The predicted molar refractivity (Wildman–Crippen MR) is 93.1 cm³/mol. The van der Waals surface area contributed by atoms with E-state index in [2.05, 4.69) is 5.92 Å². The number of carbonyl (C=O) groups is 4. The van der Waals surface area contributed by atoms with Gasteiger partial charge in [0.25, 0.3) is 5.91 Å². The quantitative estimate of drug-likeness (QED) is 0.628. The van der Waals surface area contributed by atoms with Crippen molar-refractivity contribution < 1.29 is 29.0 Å². The van der Waals surface area contributed by atoms with Crippen LogP contribution in [-0.4, -0.2) is 64.6 Å². The van der Waals surface area contributed by atoms with Gasteiger partial charge in [-0.1, -0.05) is 5.92 Å². The average molecular weight is 371 g/mol. The van der Waals surface area contributed by atoms with Gasteiger partial charge in [-0.15, -0.1) is 6.42 Å². The first-order chi connectivity index (χ1) is 12.9. The van der Waals surface area contributed by atoms with Crippen molar-refractivity contribution in [3.63, 3.8) is 0 Å². The zero-order valence-corrected chi connectivity index (χ0v) is 14.3. The lowest BCUT2D eigenvalue weighted by molar-refractivity contribution is -0.148. The van der Waals surface area contributed by atoms with Crippen LogP contribution in [0, 0.1) is 12.3 Å². The largest absolute Gasteiger partial charge is 0.481 e. The van der Waals surface area contributed by atoms with E-state index < -0.39 is 30.0 Å². The number of anilines is 1. The Kier molecular flexibility index (Phi) is 4.98. The summed E-state index contributed by atoms with van der Waals surface area (Å²) in [5.74, 6) is 1.28. The van der Waals surface area contributed by atoms with Crippen LogP contribution in [0.3, 0.4) is 0 Å². The van der Waals surface area contributed by atoms with Gasteiger partial charge in [0.1, 0.15) is 18.4 Å². The van der Waals surface area contributed by atoms with E-state index in [0.717, 1.165) is 0 Å². The van der Waals surface area contributed by atoms with E-state index in [1.54, 1.807) is 24.3 Å². The van der Waals surface area contributed by atoms with Crippen LogP contribution in [0.2, 0.25) is 0 Å². The second-order valence-corrected chi connectivity index (χ2v) is 6.02. The molecule has 2 aliphatic heterocycles. The lowest BCUT2D eigenvalue weighted by atomic mass is 10.0. The molecule has 1 atom stereocenters. The molecule has 2 heterocycles. The minimum atomic E-state index is -1.62. The third kappa shape index (κ3) is 3.42. The molecule has 0 saturated carbocycles. The molecule has 2 aliphatic rings. The van der Waals surface area contributed by atoms with Crippen LogP contribution < -0.4 is 9.64 Å². The Bertz CT molecular complexity index is 828. The number of likely N-dealkylation sites (tertiary alicyclic amines) is 1. The van der Waals surface area contributed by atoms with E-state index in [-0.39, 0.29) is 30.9 Å². The monoisotopic (exact) mass is 371 g/mol. The van der Waals surface area contributed by atoms with Crippen molar-refractivity contribution in [2.24, 2.45) is 0 Å².